The van der Waals surface area contributed by atoms with Gasteiger partial charge in [-0.2, -0.15) is 13.2 Å². The number of hydrogen-bond acceptors (Lipinski definition) is 3. The Morgan fingerprint density at radius 1 is 1.22 bits per heavy atom. The van der Waals surface area contributed by atoms with Crippen molar-refractivity contribution in [3.8, 4) is 0 Å². The smallest absolute Gasteiger partial charge is 0.358 e. The zero-order chi connectivity index (χ0) is 19.6. The van der Waals surface area contributed by atoms with Gasteiger partial charge in [0.2, 0.25) is 5.91 Å². The molecule has 0 bridgehead atoms. The average Bonchev–Trinajstić information content (AvgIpc) is 2.97. The minimum atomic E-state index is -4.43. The maximum Gasteiger partial charge on any atom is 0.416 e. The Bertz CT molecular complexity index is 954. The lowest BCUT2D eigenvalue weighted by molar-refractivity contribution is -0.137. The van der Waals surface area contributed by atoms with E-state index in [4.69, 9.17) is 0 Å². The lowest BCUT2D eigenvalue weighted by Gasteiger charge is -2.12. The van der Waals surface area contributed by atoms with Crippen molar-refractivity contribution in [3.05, 3.63) is 59.7 Å². The summed E-state index contributed by atoms with van der Waals surface area (Å²) in [6.07, 6.45) is -4.43. The number of nitrogens with one attached hydrogen (secondary N) is 1. The molecule has 3 aromatic rings. The molecule has 1 aromatic heterocycles. The van der Waals surface area contributed by atoms with E-state index in [9.17, 15) is 18.0 Å². The predicted octanol–water partition coefficient (Wildman–Crippen LogP) is 4.33. The van der Waals surface area contributed by atoms with Gasteiger partial charge in [0.05, 0.1) is 28.4 Å². The van der Waals surface area contributed by atoms with Crippen LogP contribution < -0.4 is 5.32 Å². The lowest BCUT2D eigenvalue weighted by atomic mass is 10.2. The molecular formula is C19H18F3N3OS. The van der Waals surface area contributed by atoms with Crippen LogP contribution in [0.4, 0.5) is 13.2 Å². The number of fused-ring (bicyclic) bond motifs is 1. The van der Waals surface area contributed by atoms with Crippen LogP contribution in [0.5, 0.6) is 0 Å². The summed E-state index contributed by atoms with van der Waals surface area (Å²) in [4.78, 5) is 16.3. The Hall–Kier alpha value is -2.48. The van der Waals surface area contributed by atoms with Crippen molar-refractivity contribution in [2.45, 2.75) is 30.1 Å². The fraction of sp³-hybridized carbons (Fsp3) is 0.263. The number of alkyl halides is 3. The molecule has 8 heteroatoms. The molecule has 1 unspecified atom stereocenters. The molecule has 142 valence electrons. The highest BCUT2D eigenvalue weighted by Gasteiger charge is 2.31. The van der Waals surface area contributed by atoms with Crippen LogP contribution in [-0.4, -0.2) is 27.8 Å². The van der Waals surface area contributed by atoms with Crippen LogP contribution in [0.3, 0.4) is 0 Å². The molecule has 1 amide bonds. The summed E-state index contributed by atoms with van der Waals surface area (Å²) in [5.41, 5.74) is 1.10. The molecule has 0 aliphatic rings. The number of nitrogens with zero attached hydrogens (tertiary/aromatic N) is 2. The fourth-order valence-corrected chi connectivity index (χ4v) is 3.69. The molecular weight excluding hydrogens is 375 g/mol. The topological polar surface area (TPSA) is 46.9 Å². The molecule has 3 rings (SSSR count). The fourth-order valence-electron chi connectivity index (χ4n) is 2.71. The number of hydrogen-bond donors (Lipinski definition) is 1. The summed E-state index contributed by atoms with van der Waals surface area (Å²) in [5.74, 6) is -0.172. The number of aromatic nitrogens is 2. The van der Waals surface area contributed by atoms with E-state index in [1.165, 1.54) is 17.8 Å². The number of amides is 1. The van der Waals surface area contributed by atoms with Crippen LogP contribution in [0.25, 0.3) is 11.0 Å². The highest BCUT2D eigenvalue weighted by molar-refractivity contribution is 8.00. The number of benzene rings is 2. The van der Waals surface area contributed by atoms with Gasteiger partial charge in [-0.1, -0.05) is 42.1 Å². The van der Waals surface area contributed by atoms with E-state index in [0.29, 0.717) is 17.2 Å². The van der Waals surface area contributed by atoms with Crippen LogP contribution in [0.1, 0.15) is 18.1 Å². The Morgan fingerprint density at radius 3 is 2.56 bits per heavy atom. The van der Waals surface area contributed by atoms with Crippen molar-refractivity contribution in [2.24, 2.45) is 0 Å². The number of carbonyl (C=O) groups excluding carboxylic acids is 1. The zero-order valence-electron chi connectivity index (χ0n) is 14.7. The maximum absolute atomic E-state index is 13.0. The van der Waals surface area contributed by atoms with Crippen LogP contribution in [0.15, 0.2) is 53.7 Å². The van der Waals surface area contributed by atoms with Gasteiger partial charge in [-0.3, -0.25) is 4.79 Å². The highest BCUT2D eigenvalue weighted by Crippen LogP contribution is 2.34. The summed E-state index contributed by atoms with van der Waals surface area (Å²) in [7, 11) is 1.54. The molecule has 27 heavy (non-hydrogen) atoms. The first-order chi connectivity index (χ1) is 12.8. The van der Waals surface area contributed by atoms with Gasteiger partial charge in [0.15, 0.2) is 5.16 Å². The quantitative estimate of drug-likeness (QED) is 0.657. The van der Waals surface area contributed by atoms with E-state index in [2.05, 4.69) is 10.3 Å². The van der Waals surface area contributed by atoms with Gasteiger partial charge >= 0.3 is 6.18 Å². The van der Waals surface area contributed by atoms with Crippen LogP contribution in [-0.2, 0) is 17.5 Å². The van der Waals surface area contributed by atoms with Crippen molar-refractivity contribution in [3.63, 3.8) is 0 Å². The van der Waals surface area contributed by atoms with Crippen molar-refractivity contribution in [2.75, 3.05) is 7.05 Å². The van der Waals surface area contributed by atoms with Crippen LogP contribution in [0, 0.1) is 0 Å². The second-order valence-corrected chi connectivity index (χ2v) is 7.35. The molecule has 4 nitrogen and oxygen atoms in total. The molecule has 1 N–H and O–H groups in total. The van der Waals surface area contributed by atoms with E-state index < -0.39 is 17.0 Å². The van der Waals surface area contributed by atoms with Gasteiger partial charge in [-0.05, 0) is 30.7 Å². The van der Waals surface area contributed by atoms with Gasteiger partial charge in [-0.15, -0.1) is 0 Å². The second-order valence-electron chi connectivity index (χ2n) is 6.04. The average molecular weight is 393 g/mol. The SMILES string of the molecule is CNC(=O)C(C)Sc1nc2cc(C(F)(F)F)ccc2n1Cc1ccccc1. The van der Waals surface area contributed by atoms with Crippen molar-refractivity contribution in [1.29, 1.82) is 0 Å². The van der Waals surface area contributed by atoms with Crippen LogP contribution in [0.2, 0.25) is 0 Å². The molecule has 0 aliphatic carbocycles. The molecule has 0 aliphatic heterocycles. The Balaban J connectivity index is 2.07. The van der Waals surface area contributed by atoms with Gasteiger partial charge in [0.1, 0.15) is 0 Å². The van der Waals surface area contributed by atoms with E-state index in [1.54, 1.807) is 14.0 Å². The molecule has 0 spiro atoms. The van der Waals surface area contributed by atoms with Gasteiger partial charge in [0.25, 0.3) is 0 Å². The third-order valence-corrected chi connectivity index (χ3v) is 5.21. The number of halogens is 3. The van der Waals surface area contributed by atoms with Crippen LogP contribution >= 0.6 is 11.8 Å². The number of imidazole rings is 1. The highest BCUT2D eigenvalue weighted by atomic mass is 32.2. The summed E-state index contributed by atoms with van der Waals surface area (Å²) >= 11 is 1.22. The Morgan fingerprint density at radius 2 is 1.93 bits per heavy atom. The van der Waals surface area contributed by atoms with Gasteiger partial charge in [-0.25, -0.2) is 4.98 Å². The number of rotatable bonds is 5. The normalized spacial score (nSPS) is 12.9. The third kappa shape index (κ3) is 4.27. The van der Waals surface area contributed by atoms with E-state index in [-0.39, 0.29) is 11.4 Å². The molecule has 1 atom stereocenters. The van der Waals surface area contributed by atoms with E-state index in [1.807, 2.05) is 34.9 Å². The zero-order valence-corrected chi connectivity index (χ0v) is 15.6. The molecule has 2 aromatic carbocycles. The van der Waals surface area contributed by atoms with Crippen molar-refractivity contribution < 1.29 is 18.0 Å². The van der Waals surface area contributed by atoms with Gasteiger partial charge < -0.3 is 9.88 Å². The summed E-state index contributed by atoms with van der Waals surface area (Å²) < 4.78 is 41.0. The second kappa shape index (κ2) is 7.64. The molecule has 1 heterocycles. The summed E-state index contributed by atoms with van der Waals surface area (Å²) in [5, 5.41) is 2.65. The third-order valence-electron chi connectivity index (χ3n) is 4.12. The first kappa shape index (κ1) is 19.3. The largest absolute Gasteiger partial charge is 0.416 e. The standard InChI is InChI=1S/C19H18F3N3OS/c1-12(17(26)23-2)27-18-24-15-10-14(19(20,21)22)8-9-16(15)25(18)11-13-6-4-3-5-7-13/h3-10,12H,11H2,1-2H3,(H,23,26). The predicted molar refractivity (Wildman–Crippen MR) is 99.7 cm³/mol. The van der Waals surface area contributed by atoms with E-state index in [0.717, 1.165) is 17.7 Å². The molecule has 0 saturated carbocycles. The minimum absolute atomic E-state index is 0.172. The number of carbonyl (C=O) groups is 1. The van der Waals surface area contributed by atoms with Crippen molar-refractivity contribution in [1.82, 2.24) is 14.9 Å². The maximum atomic E-state index is 13.0. The van der Waals surface area contributed by atoms with Crippen molar-refractivity contribution >= 4 is 28.7 Å². The van der Waals surface area contributed by atoms with E-state index >= 15 is 0 Å². The Kier molecular flexibility index (Phi) is 5.46. The lowest BCUT2D eigenvalue weighted by Crippen LogP contribution is -2.27. The summed E-state index contributed by atoms with van der Waals surface area (Å²) in [6, 6.07) is 13.1. The minimum Gasteiger partial charge on any atom is -0.358 e. The monoisotopic (exact) mass is 393 g/mol. The number of thioether (sulfide) groups is 1. The van der Waals surface area contributed by atoms with Gasteiger partial charge in [0, 0.05) is 7.05 Å². The first-order valence-corrected chi connectivity index (χ1v) is 9.17. The molecule has 0 fully saturated rings. The molecule has 0 saturated heterocycles. The first-order valence-electron chi connectivity index (χ1n) is 8.29. The molecule has 0 radical (unpaired) electrons. The summed E-state index contributed by atoms with van der Waals surface area (Å²) in [6.45, 7) is 2.18. The Labute approximate surface area is 158 Å².